The first kappa shape index (κ1) is 21.2. The van der Waals surface area contributed by atoms with Gasteiger partial charge in [-0.25, -0.2) is 9.59 Å². The Bertz CT molecular complexity index is 762. The number of nitrogens with one attached hydrogen (secondary N) is 1. The maximum Gasteiger partial charge on any atom is 0.328 e. The van der Waals surface area contributed by atoms with Crippen molar-refractivity contribution in [3.8, 4) is 5.75 Å². The molecule has 0 aliphatic carbocycles. The Labute approximate surface area is 152 Å². The van der Waals surface area contributed by atoms with E-state index >= 15 is 0 Å². The van der Waals surface area contributed by atoms with Gasteiger partial charge in [-0.15, -0.1) is 0 Å². The predicted molar refractivity (Wildman–Crippen MR) is 101 cm³/mol. The van der Waals surface area contributed by atoms with Crippen LogP contribution in [0.4, 0.5) is 0 Å². The molecule has 0 amide bonds. The van der Waals surface area contributed by atoms with Crippen LogP contribution in [0.25, 0.3) is 10.9 Å². The maximum absolute atomic E-state index is 9.55. The summed E-state index contributed by atoms with van der Waals surface area (Å²) in [4.78, 5) is 24.8. The fourth-order valence-corrected chi connectivity index (χ4v) is 2.47. The van der Waals surface area contributed by atoms with E-state index < -0.39 is 11.9 Å². The number of benzene rings is 1. The SMILES string of the molecule is CCc1[nH]c2ccc(OC)cc2c1CCN(C)C.O=C(O)/C=C\C(=O)O. The number of fused-ring (bicyclic) bond motifs is 1. The van der Waals surface area contributed by atoms with Crippen LogP contribution < -0.4 is 4.74 Å². The lowest BCUT2D eigenvalue weighted by atomic mass is 10.1. The van der Waals surface area contributed by atoms with Gasteiger partial charge >= 0.3 is 11.9 Å². The molecule has 7 nitrogen and oxygen atoms in total. The third kappa shape index (κ3) is 6.60. The number of carbonyl (C=O) groups is 2. The van der Waals surface area contributed by atoms with Gasteiger partial charge in [-0.1, -0.05) is 6.92 Å². The molecule has 0 atom stereocenters. The molecule has 1 aromatic carbocycles. The van der Waals surface area contributed by atoms with Gasteiger partial charge in [0, 0.05) is 35.3 Å². The average molecular weight is 362 g/mol. The third-order valence-corrected chi connectivity index (χ3v) is 3.73. The number of aromatic amines is 1. The van der Waals surface area contributed by atoms with Crippen molar-refractivity contribution in [1.29, 1.82) is 0 Å². The summed E-state index contributed by atoms with van der Waals surface area (Å²) in [5.74, 6) is -1.59. The molecule has 0 saturated carbocycles. The monoisotopic (exact) mass is 362 g/mol. The molecule has 0 bridgehead atoms. The highest BCUT2D eigenvalue weighted by Gasteiger charge is 2.11. The second-order valence-corrected chi connectivity index (χ2v) is 5.91. The fourth-order valence-electron chi connectivity index (χ4n) is 2.47. The number of aryl methyl sites for hydroxylation is 1. The number of rotatable bonds is 7. The molecular weight excluding hydrogens is 336 g/mol. The molecule has 1 aromatic heterocycles. The number of aliphatic carboxylic acids is 2. The van der Waals surface area contributed by atoms with Crippen LogP contribution >= 0.6 is 0 Å². The zero-order valence-electron chi connectivity index (χ0n) is 15.6. The van der Waals surface area contributed by atoms with Crippen LogP contribution in [0, 0.1) is 0 Å². The van der Waals surface area contributed by atoms with Crippen molar-refractivity contribution in [2.45, 2.75) is 19.8 Å². The first-order valence-corrected chi connectivity index (χ1v) is 8.24. The van der Waals surface area contributed by atoms with Crippen molar-refractivity contribution in [3.63, 3.8) is 0 Å². The van der Waals surface area contributed by atoms with E-state index in [0.29, 0.717) is 12.2 Å². The Kier molecular flexibility index (Phi) is 8.37. The van der Waals surface area contributed by atoms with Crippen LogP contribution in [0.2, 0.25) is 0 Å². The molecule has 2 rings (SSSR count). The Balaban J connectivity index is 0.000000359. The van der Waals surface area contributed by atoms with E-state index in [0.717, 1.165) is 25.1 Å². The van der Waals surface area contributed by atoms with Gasteiger partial charge in [0.2, 0.25) is 0 Å². The van der Waals surface area contributed by atoms with Crippen molar-refractivity contribution in [2.75, 3.05) is 27.7 Å². The number of hydrogen-bond acceptors (Lipinski definition) is 4. The summed E-state index contributed by atoms with van der Waals surface area (Å²) >= 11 is 0. The minimum Gasteiger partial charge on any atom is -0.497 e. The summed E-state index contributed by atoms with van der Waals surface area (Å²) in [6.07, 6.45) is 3.23. The van der Waals surface area contributed by atoms with E-state index in [1.165, 1.54) is 22.2 Å². The van der Waals surface area contributed by atoms with Crippen molar-refractivity contribution < 1.29 is 24.5 Å². The first-order valence-electron chi connectivity index (χ1n) is 8.24. The smallest absolute Gasteiger partial charge is 0.328 e. The summed E-state index contributed by atoms with van der Waals surface area (Å²) in [7, 11) is 5.94. The minimum atomic E-state index is -1.26. The van der Waals surface area contributed by atoms with Gasteiger partial charge in [-0.3, -0.25) is 0 Å². The molecule has 142 valence electrons. The number of H-pyrrole nitrogens is 1. The molecule has 0 aliphatic rings. The summed E-state index contributed by atoms with van der Waals surface area (Å²) < 4.78 is 5.32. The number of methoxy groups -OCH3 is 1. The van der Waals surface area contributed by atoms with Gasteiger partial charge in [0.05, 0.1) is 7.11 Å². The van der Waals surface area contributed by atoms with Crippen LogP contribution in [-0.4, -0.2) is 59.8 Å². The molecule has 3 N–H and O–H groups in total. The lowest BCUT2D eigenvalue weighted by Crippen LogP contribution is -2.15. The van der Waals surface area contributed by atoms with Gasteiger partial charge < -0.3 is 24.8 Å². The van der Waals surface area contributed by atoms with Crippen molar-refractivity contribution in [1.82, 2.24) is 9.88 Å². The molecule has 0 aliphatic heterocycles. The van der Waals surface area contributed by atoms with E-state index in [-0.39, 0.29) is 0 Å². The standard InChI is InChI=1S/C15H22N2O.C4H4O4/c1-5-14-12(8-9-17(2)3)13-10-11(18-4)6-7-15(13)16-14;5-3(6)1-2-4(7)8/h6-7,10,16H,5,8-9H2,1-4H3;1-2H,(H,5,6)(H,7,8)/b;2-1-. The van der Waals surface area contributed by atoms with Gasteiger partial charge in [0.1, 0.15) is 5.75 Å². The molecule has 26 heavy (non-hydrogen) atoms. The summed E-state index contributed by atoms with van der Waals surface area (Å²) in [5.41, 5.74) is 3.99. The number of aromatic nitrogens is 1. The summed E-state index contributed by atoms with van der Waals surface area (Å²) in [6, 6.07) is 6.25. The van der Waals surface area contributed by atoms with Gasteiger partial charge in [0.15, 0.2) is 0 Å². The van der Waals surface area contributed by atoms with Crippen molar-refractivity contribution >= 4 is 22.8 Å². The molecular formula is C19H26N2O5. The van der Waals surface area contributed by atoms with Crippen LogP contribution in [0.5, 0.6) is 5.75 Å². The molecule has 7 heteroatoms. The molecule has 0 saturated heterocycles. The quantitative estimate of drug-likeness (QED) is 0.654. The Morgan fingerprint density at radius 2 is 1.81 bits per heavy atom. The zero-order valence-corrected chi connectivity index (χ0v) is 15.6. The van der Waals surface area contributed by atoms with Crippen molar-refractivity contribution in [3.05, 3.63) is 41.6 Å². The Morgan fingerprint density at radius 1 is 1.19 bits per heavy atom. The third-order valence-electron chi connectivity index (χ3n) is 3.73. The van der Waals surface area contributed by atoms with Crippen molar-refractivity contribution in [2.24, 2.45) is 0 Å². The predicted octanol–water partition coefficient (Wildman–Crippen LogP) is 2.55. The van der Waals surface area contributed by atoms with Crippen LogP contribution in [0.3, 0.4) is 0 Å². The summed E-state index contributed by atoms with van der Waals surface area (Å²) in [5, 5.41) is 16.9. The van der Waals surface area contributed by atoms with Gasteiger partial charge in [-0.05, 0) is 50.7 Å². The van der Waals surface area contributed by atoms with Gasteiger partial charge in [0.25, 0.3) is 0 Å². The second-order valence-electron chi connectivity index (χ2n) is 5.91. The van der Waals surface area contributed by atoms with E-state index in [1.54, 1.807) is 7.11 Å². The zero-order chi connectivity index (χ0) is 19.7. The normalized spacial score (nSPS) is 10.8. The van der Waals surface area contributed by atoms with E-state index in [1.807, 2.05) is 6.07 Å². The number of carboxylic acids is 2. The molecule has 1 heterocycles. The van der Waals surface area contributed by atoms with E-state index in [2.05, 4.69) is 43.0 Å². The highest BCUT2D eigenvalue weighted by Crippen LogP contribution is 2.27. The second kappa shape index (κ2) is 10.2. The Hall–Kier alpha value is -2.80. The highest BCUT2D eigenvalue weighted by molar-refractivity contribution is 5.89. The minimum absolute atomic E-state index is 0.558. The molecule has 0 spiro atoms. The van der Waals surface area contributed by atoms with Crippen LogP contribution in [0.1, 0.15) is 18.2 Å². The van der Waals surface area contributed by atoms with Gasteiger partial charge in [-0.2, -0.15) is 0 Å². The molecule has 0 fully saturated rings. The summed E-state index contributed by atoms with van der Waals surface area (Å²) in [6.45, 7) is 3.26. The number of ether oxygens (including phenoxy) is 1. The molecule has 0 unspecified atom stereocenters. The fraction of sp³-hybridized carbons (Fsp3) is 0.368. The number of nitrogens with zero attached hydrogens (tertiary/aromatic N) is 1. The highest BCUT2D eigenvalue weighted by atomic mass is 16.5. The molecule has 2 aromatic rings. The van der Waals surface area contributed by atoms with Crippen LogP contribution in [-0.2, 0) is 22.4 Å². The average Bonchev–Trinajstić information content (AvgIpc) is 2.95. The lowest BCUT2D eigenvalue weighted by Gasteiger charge is -2.10. The van der Waals surface area contributed by atoms with E-state index in [4.69, 9.17) is 14.9 Å². The lowest BCUT2D eigenvalue weighted by molar-refractivity contribution is -0.134. The number of hydrogen-bond donors (Lipinski definition) is 3. The van der Waals surface area contributed by atoms with E-state index in [9.17, 15) is 9.59 Å². The molecule has 0 radical (unpaired) electrons. The topological polar surface area (TPSA) is 103 Å². The van der Waals surface area contributed by atoms with Crippen LogP contribution in [0.15, 0.2) is 30.4 Å². The number of carboxylic acid groups (broad SMARTS) is 2. The Morgan fingerprint density at radius 3 is 2.27 bits per heavy atom. The number of likely N-dealkylation sites (N-methyl/N-ethyl adjacent to an activating group) is 1. The first-order chi connectivity index (χ1) is 12.3. The maximum atomic E-state index is 9.55. The largest absolute Gasteiger partial charge is 0.497 e.